The third-order valence-corrected chi connectivity index (χ3v) is 3.75. The lowest BCUT2D eigenvalue weighted by Crippen LogP contribution is -2.28. The molecule has 27 heavy (non-hydrogen) atoms. The molecule has 0 fully saturated rings. The topological polar surface area (TPSA) is 111 Å². The SMILES string of the molecule is CCOc1ccc(C(=O)NC[C@@H](O)c2ccc([N+](=O)[O-])cc2)cc1OCC. The third-order valence-electron chi connectivity index (χ3n) is 3.75. The molecular formula is C19H22N2O6. The van der Waals surface area contributed by atoms with Gasteiger partial charge in [-0.2, -0.15) is 0 Å². The molecule has 1 amide bonds. The van der Waals surface area contributed by atoms with Gasteiger partial charge in [0.25, 0.3) is 11.6 Å². The average Bonchev–Trinajstić information content (AvgIpc) is 2.67. The molecule has 0 saturated heterocycles. The van der Waals surface area contributed by atoms with E-state index in [4.69, 9.17) is 9.47 Å². The predicted octanol–water partition coefficient (Wildman–Crippen LogP) is 2.86. The van der Waals surface area contributed by atoms with Crippen LogP contribution in [0.5, 0.6) is 11.5 Å². The number of carbonyl (C=O) groups excluding carboxylic acids is 1. The maximum absolute atomic E-state index is 12.3. The van der Waals surface area contributed by atoms with E-state index in [1.54, 1.807) is 18.2 Å². The van der Waals surface area contributed by atoms with Crippen LogP contribution in [-0.2, 0) is 0 Å². The number of hydrogen-bond acceptors (Lipinski definition) is 6. The number of aliphatic hydroxyl groups is 1. The van der Waals surface area contributed by atoms with Crippen molar-refractivity contribution in [1.29, 1.82) is 0 Å². The molecule has 2 rings (SSSR count). The fourth-order valence-electron chi connectivity index (χ4n) is 2.42. The lowest BCUT2D eigenvalue weighted by molar-refractivity contribution is -0.384. The summed E-state index contributed by atoms with van der Waals surface area (Å²) in [6.45, 7) is 4.57. The molecule has 1 atom stereocenters. The standard InChI is InChI=1S/C19H22N2O6/c1-3-26-17-10-7-14(11-18(17)27-4-2)19(23)20-12-16(22)13-5-8-15(9-6-13)21(24)25/h5-11,16,22H,3-4,12H2,1-2H3,(H,20,23)/t16-/m1/s1. The van der Waals surface area contributed by atoms with E-state index in [2.05, 4.69) is 5.32 Å². The fourth-order valence-corrected chi connectivity index (χ4v) is 2.42. The molecule has 0 spiro atoms. The third kappa shape index (κ3) is 5.42. The van der Waals surface area contributed by atoms with Crippen LogP contribution >= 0.6 is 0 Å². The first-order chi connectivity index (χ1) is 13.0. The van der Waals surface area contributed by atoms with Crippen LogP contribution in [0.1, 0.15) is 35.9 Å². The van der Waals surface area contributed by atoms with Crippen molar-refractivity contribution in [3.05, 3.63) is 63.7 Å². The second-order valence-electron chi connectivity index (χ2n) is 5.60. The van der Waals surface area contributed by atoms with E-state index >= 15 is 0 Å². The monoisotopic (exact) mass is 374 g/mol. The van der Waals surface area contributed by atoms with E-state index in [1.807, 2.05) is 13.8 Å². The molecule has 144 valence electrons. The highest BCUT2D eigenvalue weighted by atomic mass is 16.6. The summed E-state index contributed by atoms with van der Waals surface area (Å²) in [5.74, 6) is 0.657. The van der Waals surface area contributed by atoms with Gasteiger partial charge in [-0.3, -0.25) is 14.9 Å². The number of hydrogen-bond donors (Lipinski definition) is 2. The van der Waals surface area contributed by atoms with Crippen molar-refractivity contribution in [2.24, 2.45) is 0 Å². The molecule has 2 aromatic carbocycles. The van der Waals surface area contributed by atoms with Crippen molar-refractivity contribution in [3.63, 3.8) is 0 Å². The molecule has 0 aliphatic rings. The Balaban J connectivity index is 2.01. The smallest absolute Gasteiger partial charge is 0.269 e. The zero-order valence-corrected chi connectivity index (χ0v) is 15.2. The Bertz CT molecular complexity index is 791. The number of nitrogens with zero attached hydrogens (tertiary/aromatic N) is 1. The second kappa shape index (κ2) is 9.54. The van der Waals surface area contributed by atoms with Gasteiger partial charge < -0.3 is 19.9 Å². The number of nitrogens with one attached hydrogen (secondary N) is 1. The minimum atomic E-state index is -0.983. The second-order valence-corrected chi connectivity index (χ2v) is 5.60. The van der Waals surface area contributed by atoms with Crippen LogP contribution in [0.15, 0.2) is 42.5 Å². The van der Waals surface area contributed by atoms with Crippen LogP contribution in [0.2, 0.25) is 0 Å². The van der Waals surface area contributed by atoms with Gasteiger partial charge in [0.1, 0.15) is 0 Å². The summed E-state index contributed by atoms with van der Waals surface area (Å²) in [4.78, 5) is 22.5. The van der Waals surface area contributed by atoms with Gasteiger partial charge in [0, 0.05) is 24.2 Å². The molecule has 0 saturated carbocycles. The molecule has 2 aromatic rings. The Morgan fingerprint density at radius 2 is 1.74 bits per heavy atom. The molecular weight excluding hydrogens is 352 g/mol. The molecule has 8 heteroatoms. The predicted molar refractivity (Wildman–Crippen MR) is 99.2 cm³/mol. The number of carbonyl (C=O) groups is 1. The first kappa shape index (κ1) is 20.2. The quantitative estimate of drug-likeness (QED) is 0.516. The molecule has 0 unspecified atom stereocenters. The Hall–Kier alpha value is -3.13. The Labute approximate surface area is 156 Å². The molecule has 0 bridgehead atoms. The van der Waals surface area contributed by atoms with Crippen molar-refractivity contribution in [1.82, 2.24) is 5.32 Å². The summed E-state index contributed by atoms with van der Waals surface area (Å²) in [6, 6.07) is 10.4. The van der Waals surface area contributed by atoms with Gasteiger partial charge in [0.05, 0.1) is 24.2 Å². The van der Waals surface area contributed by atoms with Crippen LogP contribution in [0.25, 0.3) is 0 Å². The van der Waals surface area contributed by atoms with Crippen molar-refractivity contribution >= 4 is 11.6 Å². The highest BCUT2D eigenvalue weighted by Crippen LogP contribution is 2.28. The number of amides is 1. The molecule has 0 radical (unpaired) electrons. The summed E-state index contributed by atoms with van der Waals surface area (Å²) in [5, 5.41) is 23.5. The zero-order valence-electron chi connectivity index (χ0n) is 15.2. The summed E-state index contributed by atoms with van der Waals surface area (Å²) < 4.78 is 11.0. The molecule has 0 aliphatic heterocycles. The molecule has 0 aliphatic carbocycles. The summed E-state index contributed by atoms with van der Waals surface area (Å²) >= 11 is 0. The number of nitro benzene ring substituents is 1. The van der Waals surface area contributed by atoms with Crippen molar-refractivity contribution < 1.29 is 24.3 Å². The van der Waals surface area contributed by atoms with Gasteiger partial charge in [-0.1, -0.05) is 0 Å². The van der Waals surface area contributed by atoms with Gasteiger partial charge in [0.15, 0.2) is 11.5 Å². The van der Waals surface area contributed by atoms with Crippen LogP contribution < -0.4 is 14.8 Å². The lowest BCUT2D eigenvalue weighted by atomic mass is 10.1. The minimum Gasteiger partial charge on any atom is -0.490 e. The largest absolute Gasteiger partial charge is 0.490 e. The van der Waals surface area contributed by atoms with E-state index < -0.39 is 11.0 Å². The van der Waals surface area contributed by atoms with E-state index in [1.165, 1.54) is 24.3 Å². The van der Waals surface area contributed by atoms with E-state index in [9.17, 15) is 20.0 Å². The van der Waals surface area contributed by atoms with E-state index in [-0.39, 0.29) is 18.1 Å². The average molecular weight is 374 g/mol. The Morgan fingerprint density at radius 3 is 2.33 bits per heavy atom. The molecule has 0 aromatic heterocycles. The molecule has 0 heterocycles. The first-order valence-corrected chi connectivity index (χ1v) is 8.56. The van der Waals surface area contributed by atoms with Crippen LogP contribution in [-0.4, -0.2) is 35.7 Å². The number of aliphatic hydroxyl groups excluding tert-OH is 1. The number of rotatable bonds is 9. The normalized spacial score (nSPS) is 11.5. The van der Waals surface area contributed by atoms with Crippen LogP contribution in [0, 0.1) is 10.1 Å². The van der Waals surface area contributed by atoms with Gasteiger partial charge in [-0.15, -0.1) is 0 Å². The van der Waals surface area contributed by atoms with Crippen molar-refractivity contribution in [2.75, 3.05) is 19.8 Å². The van der Waals surface area contributed by atoms with Crippen LogP contribution in [0.4, 0.5) is 5.69 Å². The summed E-state index contributed by atoms with van der Waals surface area (Å²) in [5.41, 5.74) is 0.785. The maximum atomic E-state index is 12.3. The number of nitro groups is 1. The van der Waals surface area contributed by atoms with Gasteiger partial charge in [-0.25, -0.2) is 0 Å². The minimum absolute atomic E-state index is 0.0339. The van der Waals surface area contributed by atoms with Crippen LogP contribution in [0.3, 0.4) is 0 Å². The van der Waals surface area contributed by atoms with E-state index in [0.717, 1.165) is 0 Å². The Kier molecular flexibility index (Phi) is 7.13. The lowest BCUT2D eigenvalue weighted by Gasteiger charge is -2.14. The highest BCUT2D eigenvalue weighted by Gasteiger charge is 2.15. The highest BCUT2D eigenvalue weighted by molar-refractivity contribution is 5.94. The first-order valence-electron chi connectivity index (χ1n) is 8.56. The van der Waals surface area contributed by atoms with Gasteiger partial charge in [0.2, 0.25) is 0 Å². The Morgan fingerprint density at radius 1 is 1.11 bits per heavy atom. The number of non-ortho nitro benzene ring substituents is 1. The maximum Gasteiger partial charge on any atom is 0.269 e. The number of benzene rings is 2. The van der Waals surface area contributed by atoms with Crippen molar-refractivity contribution in [3.8, 4) is 11.5 Å². The van der Waals surface area contributed by atoms with E-state index in [0.29, 0.717) is 35.8 Å². The summed E-state index contributed by atoms with van der Waals surface area (Å²) in [6.07, 6.45) is -0.983. The number of ether oxygens (including phenoxy) is 2. The fraction of sp³-hybridized carbons (Fsp3) is 0.316. The van der Waals surface area contributed by atoms with Gasteiger partial charge in [-0.05, 0) is 49.7 Å². The molecule has 8 nitrogen and oxygen atoms in total. The summed E-state index contributed by atoms with van der Waals surface area (Å²) in [7, 11) is 0. The zero-order chi connectivity index (χ0) is 19.8. The molecule has 2 N–H and O–H groups in total. The van der Waals surface area contributed by atoms with Crippen molar-refractivity contribution in [2.45, 2.75) is 20.0 Å². The van der Waals surface area contributed by atoms with Gasteiger partial charge >= 0.3 is 0 Å².